The molecule has 1 aromatic heterocycles. The molecular formula is C2H5ClN4. The lowest BCUT2D eigenvalue weighted by Gasteiger charge is -1.76. The summed E-state index contributed by atoms with van der Waals surface area (Å²) >= 11 is 0. The van der Waals surface area contributed by atoms with Crippen molar-refractivity contribution >= 4 is 12.4 Å². The SMILES string of the molecule is Cl.Nn1nccn1. The molecule has 0 aromatic carbocycles. The Labute approximate surface area is 46.7 Å². The third-order valence-electron chi connectivity index (χ3n) is 0.437. The van der Waals surface area contributed by atoms with Crippen LogP contribution < -0.4 is 5.84 Å². The average Bonchev–Trinajstić information content (AvgIpc) is 1.86. The predicted octanol–water partition coefficient (Wildman–Crippen LogP) is -0.586. The molecule has 0 atom stereocenters. The number of nitrogens with two attached hydrogens (primary N) is 1. The quantitative estimate of drug-likeness (QED) is 0.466. The van der Waals surface area contributed by atoms with Gasteiger partial charge in [0.1, 0.15) is 0 Å². The van der Waals surface area contributed by atoms with E-state index < -0.39 is 0 Å². The fourth-order valence-electron chi connectivity index (χ4n) is 0.226. The molecule has 0 unspecified atom stereocenters. The predicted molar refractivity (Wildman–Crippen MR) is 27.4 cm³/mol. The molecule has 0 aliphatic carbocycles. The Morgan fingerprint density at radius 1 is 1.29 bits per heavy atom. The van der Waals surface area contributed by atoms with Gasteiger partial charge in [0, 0.05) is 0 Å². The summed E-state index contributed by atoms with van der Waals surface area (Å²) in [5, 5.41) is 7.00. The van der Waals surface area contributed by atoms with Gasteiger partial charge in [0.25, 0.3) is 0 Å². The van der Waals surface area contributed by atoms with E-state index >= 15 is 0 Å². The largest absolute Gasteiger partial charge is 0.306 e. The first-order valence-corrected chi connectivity index (χ1v) is 1.51. The van der Waals surface area contributed by atoms with Gasteiger partial charge in [0.2, 0.25) is 0 Å². The maximum atomic E-state index is 4.97. The van der Waals surface area contributed by atoms with Crippen LogP contribution in [0.1, 0.15) is 0 Å². The van der Waals surface area contributed by atoms with E-state index in [-0.39, 0.29) is 12.4 Å². The lowest BCUT2D eigenvalue weighted by molar-refractivity contribution is 0.708. The molecule has 0 fully saturated rings. The van der Waals surface area contributed by atoms with Crippen molar-refractivity contribution < 1.29 is 0 Å². The monoisotopic (exact) mass is 120 g/mol. The number of rotatable bonds is 0. The van der Waals surface area contributed by atoms with Crippen LogP contribution in [0, 0.1) is 0 Å². The van der Waals surface area contributed by atoms with Gasteiger partial charge >= 0.3 is 0 Å². The average molecular weight is 121 g/mol. The fourth-order valence-corrected chi connectivity index (χ4v) is 0.226. The highest BCUT2D eigenvalue weighted by molar-refractivity contribution is 5.85. The van der Waals surface area contributed by atoms with Gasteiger partial charge in [-0.25, -0.2) is 0 Å². The van der Waals surface area contributed by atoms with E-state index in [9.17, 15) is 0 Å². The summed E-state index contributed by atoms with van der Waals surface area (Å²) < 4.78 is 0. The minimum absolute atomic E-state index is 0. The standard InChI is InChI=1S/C2H4N4.ClH/c3-6-4-1-2-5-6;/h1-2H,3H2;1H. The first kappa shape index (κ1) is 6.23. The summed E-state index contributed by atoms with van der Waals surface area (Å²) in [6.07, 6.45) is 3.03. The molecule has 7 heavy (non-hydrogen) atoms. The number of nitrogens with zero attached hydrogens (tertiary/aromatic N) is 3. The number of nitrogen functional groups attached to an aromatic ring is 1. The van der Waals surface area contributed by atoms with Gasteiger partial charge in [-0.15, -0.1) is 22.6 Å². The van der Waals surface area contributed by atoms with Gasteiger partial charge in [-0.2, -0.15) is 0 Å². The van der Waals surface area contributed by atoms with Crippen LogP contribution in [-0.2, 0) is 0 Å². The molecule has 0 aliphatic heterocycles. The van der Waals surface area contributed by atoms with Crippen molar-refractivity contribution in [3.05, 3.63) is 12.4 Å². The topological polar surface area (TPSA) is 56.7 Å². The molecule has 0 aliphatic rings. The Balaban J connectivity index is 0.000000360. The lowest BCUT2D eigenvalue weighted by Crippen LogP contribution is -2.10. The number of hydrogen-bond donors (Lipinski definition) is 1. The van der Waals surface area contributed by atoms with Crippen molar-refractivity contribution in [2.75, 3.05) is 5.84 Å². The Morgan fingerprint density at radius 3 is 1.86 bits per heavy atom. The zero-order valence-electron chi connectivity index (χ0n) is 3.48. The third-order valence-corrected chi connectivity index (χ3v) is 0.437. The second-order valence-electron chi connectivity index (χ2n) is 0.849. The zero-order chi connectivity index (χ0) is 4.41. The summed E-state index contributed by atoms with van der Waals surface area (Å²) in [6.45, 7) is 0. The first-order valence-electron chi connectivity index (χ1n) is 1.51. The molecule has 0 saturated heterocycles. The highest BCUT2D eigenvalue weighted by Gasteiger charge is 1.71. The van der Waals surface area contributed by atoms with E-state index in [1.165, 1.54) is 12.4 Å². The van der Waals surface area contributed by atoms with Crippen LogP contribution in [-0.4, -0.2) is 15.1 Å². The third kappa shape index (κ3) is 1.41. The normalized spacial score (nSPS) is 7.43. The van der Waals surface area contributed by atoms with Gasteiger partial charge in [-0.1, -0.05) is 4.91 Å². The molecule has 1 rings (SSSR count). The van der Waals surface area contributed by atoms with Gasteiger partial charge in [0.15, 0.2) is 0 Å². The van der Waals surface area contributed by atoms with Crippen molar-refractivity contribution in [3.63, 3.8) is 0 Å². The van der Waals surface area contributed by atoms with E-state index in [0.717, 1.165) is 4.91 Å². The van der Waals surface area contributed by atoms with Crippen LogP contribution in [0.4, 0.5) is 0 Å². The summed E-state index contributed by atoms with van der Waals surface area (Å²) in [5.41, 5.74) is 0. The summed E-state index contributed by atoms with van der Waals surface area (Å²) in [4.78, 5) is 1.00. The number of aromatic nitrogens is 3. The summed E-state index contributed by atoms with van der Waals surface area (Å²) in [5.74, 6) is 4.97. The van der Waals surface area contributed by atoms with Gasteiger partial charge < -0.3 is 5.84 Å². The zero-order valence-corrected chi connectivity index (χ0v) is 4.30. The fraction of sp³-hybridized carbons (Fsp3) is 0. The number of halogens is 1. The van der Waals surface area contributed by atoms with E-state index in [2.05, 4.69) is 10.2 Å². The van der Waals surface area contributed by atoms with Crippen LogP contribution in [0.5, 0.6) is 0 Å². The minimum Gasteiger partial charge on any atom is -0.306 e. The molecule has 0 spiro atoms. The van der Waals surface area contributed by atoms with Crippen molar-refractivity contribution in [1.29, 1.82) is 0 Å². The van der Waals surface area contributed by atoms with Crippen LogP contribution in [0.2, 0.25) is 0 Å². The first-order chi connectivity index (χ1) is 2.89. The Morgan fingerprint density at radius 2 is 1.71 bits per heavy atom. The van der Waals surface area contributed by atoms with Crippen LogP contribution >= 0.6 is 12.4 Å². The van der Waals surface area contributed by atoms with Crippen LogP contribution in [0.15, 0.2) is 12.4 Å². The molecular weight excluding hydrogens is 116 g/mol. The Hall–Kier alpha value is -0.770. The van der Waals surface area contributed by atoms with E-state index in [1.54, 1.807) is 0 Å². The molecule has 0 bridgehead atoms. The maximum Gasteiger partial charge on any atom is 0.0714 e. The minimum atomic E-state index is 0. The Kier molecular flexibility index (Phi) is 2.15. The molecule has 1 aromatic rings. The van der Waals surface area contributed by atoms with Crippen molar-refractivity contribution in [3.8, 4) is 0 Å². The molecule has 0 amide bonds. The van der Waals surface area contributed by atoms with E-state index in [4.69, 9.17) is 5.84 Å². The van der Waals surface area contributed by atoms with Gasteiger partial charge in [0.05, 0.1) is 12.4 Å². The summed E-state index contributed by atoms with van der Waals surface area (Å²) in [6, 6.07) is 0. The summed E-state index contributed by atoms with van der Waals surface area (Å²) in [7, 11) is 0. The van der Waals surface area contributed by atoms with Crippen LogP contribution in [0.3, 0.4) is 0 Å². The van der Waals surface area contributed by atoms with E-state index in [1.807, 2.05) is 0 Å². The Bertz CT molecular complexity index is 113. The molecule has 1 heterocycles. The van der Waals surface area contributed by atoms with E-state index in [0.29, 0.717) is 0 Å². The molecule has 0 saturated carbocycles. The highest BCUT2D eigenvalue weighted by atomic mass is 35.5. The molecule has 40 valence electrons. The van der Waals surface area contributed by atoms with Crippen LogP contribution in [0.25, 0.3) is 0 Å². The van der Waals surface area contributed by atoms with Gasteiger partial charge in [-0.05, 0) is 0 Å². The van der Waals surface area contributed by atoms with Crippen molar-refractivity contribution in [2.45, 2.75) is 0 Å². The second kappa shape index (κ2) is 2.41. The second-order valence-corrected chi connectivity index (χ2v) is 0.849. The molecule has 0 radical (unpaired) electrons. The number of hydrogen-bond acceptors (Lipinski definition) is 3. The lowest BCUT2D eigenvalue weighted by atomic mass is 11.0. The molecule has 2 N–H and O–H groups in total. The van der Waals surface area contributed by atoms with Crippen molar-refractivity contribution in [1.82, 2.24) is 15.1 Å². The smallest absolute Gasteiger partial charge is 0.0714 e. The molecule has 4 nitrogen and oxygen atoms in total. The maximum absolute atomic E-state index is 4.97. The highest BCUT2D eigenvalue weighted by Crippen LogP contribution is 1.60. The molecule has 5 heteroatoms. The van der Waals surface area contributed by atoms with Gasteiger partial charge in [-0.3, -0.25) is 0 Å². The van der Waals surface area contributed by atoms with Crippen molar-refractivity contribution in [2.24, 2.45) is 0 Å².